The number of hydrogen-bond donors (Lipinski definition) is 0. The van der Waals surface area contributed by atoms with Crippen LogP contribution in [-0.4, -0.2) is 184 Å². The first-order valence-electron chi connectivity index (χ1n) is 39.0. The molecule has 1 aliphatic rings. The minimum atomic E-state index is 0.393. The minimum Gasteiger partial charge on any atom is -0.383 e. The van der Waals surface area contributed by atoms with Crippen molar-refractivity contribution in [1.82, 2.24) is 34.3 Å². The van der Waals surface area contributed by atoms with Gasteiger partial charge in [-0.1, -0.05) is 255 Å². The predicted octanol–water partition coefficient (Wildman–Crippen LogP) is 23.1. The van der Waals surface area contributed by atoms with Gasteiger partial charge in [0.1, 0.15) is 0 Å². The van der Waals surface area contributed by atoms with Crippen molar-refractivity contribution in [3.05, 3.63) is 0 Å². The summed E-state index contributed by atoms with van der Waals surface area (Å²) in [7, 11) is 1.75. The molecule has 1 atom stereocenters. The molecule has 8 nitrogen and oxygen atoms in total. The summed E-state index contributed by atoms with van der Waals surface area (Å²) in [6.45, 7) is 109. The summed E-state index contributed by atoms with van der Waals surface area (Å²) in [5.41, 5.74) is 3.44. The number of hydrogen-bond acceptors (Lipinski definition) is 8. The van der Waals surface area contributed by atoms with E-state index in [1.807, 2.05) is 0 Å². The zero-order valence-corrected chi connectivity index (χ0v) is 71.3. The Morgan fingerprint density at radius 2 is 0.582 bits per heavy atom. The lowest BCUT2D eigenvalue weighted by Crippen LogP contribution is -2.39. The van der Waals surface area contributed by atoms with Crippen molar-refractivity contribution < 1.29 is 4.74 Å². The van der Waals surface area contributed by atoms with Crippen LogP contribution in [0, 0.1) is 49.2 Å². The van der Waals surface area contributed by atoms with Crippen LogP contribution < -0.4 is 0 Å². The number of unbranched alkanes of at least 4 members (excludes halogenated alkanes) is 3. The fraction of sp³-hybridized carbons (Fsp3) is 1.00. The largest absolute Gasteiger partial charge is 0.383 e. The maximum absolute atomic E-state index is 5.05. The zero-order chi connectivity index (χ0) is 72.5. The van der Waals surface area contributed by atoms with Gasteiger partial charge in [-0.15, -0.1) is 0 Å². The zero-order valence-electron chi connectivity index (χ0n) is 71.3. The predicted molar refractivity (Wildman–Crippen MR) is 422 cm³/mol. The monoisotopic (exact) mass is 1300 g/mol. The molecule has 0 spiro atoms. The average molecular weight is 1300 g/mol. The van der Waals surface area contributed by atoms with Gasteiger partial charge in [0.15, 0.2) is 0 Å². The van der Waals surface area contributed by atoms with Crippen LogP contribution in [0.25, 0.3) is 0 Å². The Morgan fingerprint density at radius 3 is 0.857 bits per heavy atom. The molecule has 1 aliphatic carbocycles. The molecule has 0 amide bonds. The number of rotatable bonds is 36. The highest BCUT2D eigenvalue weighted by Crippen LogP contribution is 2.31. The Kier molecular flexibility index (Phi) is 62.1. The summed E-state index contributed by atoms with van der Waals surface area (Å²) in [6, 6.07) is 1.42. The van der Waals surface area contributed by atoms with E-state index < -0.39 is 0 Å². The summed E-state index contributed by atoms with van der Waals surface area (Å²) in [5, 5.41) is 0. The molecule has 0 aromatic carbocycles. The van der Waals surface area contributed by atoms with Gasteiger partial charge in [0.25, 0.3) is 0 Å². The molecule has 0 saturated heterocycles. The van der Waals surface area contributed by atoms with Crippen LogP contribution in [0.5, 0.6) is 0 Å². The van der Waals surface area contributed by atoms with Crippen LogP contribution >= 0.6 is 0 Å². The van der Waals surface area contributed by atoms with Gasteiger partial charge < -0.3 is 39.0 Å². The van der Waals surface area contributed by atoms with Crippen LogP contribution in [-0.2, 0) is 4.74 Å². The van der Waals surface area contributed by atoms with Gasteiger partial charge in [0, 0.05) is 84.6 Å². The van der Waals surface area contributed by atoms with Crippen molar-refractivity contribution >= 4 is 0 Å². The third kappa shape index (κ3) is 85.7. The van der Waals surface area contributed by atoms with Crippen LogP contribution in [0.2, 0.25) is 0 Å². The molecule has 1 saturated carbocycles. The SMILES string of the molecule is CCCCN(CCC)CC(C)(C)C.CCCCN(CCCC)CC(C)(C)C.CCCN(CC(C)(C)C)C(C)C.CCCN(CC(C)(C)C)C(C)CC.CCCN(CC(C)(C)C)CC(C)(C)C.CCCN(CC1CC1)CC(C)(C)C.CCN(CCOC)CC(C)(C)C. The Balaban J connectivity index is -0.000000232. The summed E-state index contributed by atoms with van der Waals surface area (Å²) in [5.74, 6) is 1.04. The quantitative estimate of drug-likeness (QED) is 0.0614. The highest BCUT2D eigenvalue weighted by molar-refractivity contribution is 4.80. The van der Waals surface area contributed by atoms with E-state index in [0.717, 1.165) is 38.2 Å². The minimum absolute atomic E-state index is 0.393. The van der Waals surface area contributed by atoms with Gasteiger partial charge >= 0.3 is 0 Å². The van der Waals surface area contributed by atoms with E-state index >= 15 is 0 Å². The summed E-state index contributed by atoms with van der Waals surface area (Å²) < 4.78 is 5.05. The lowest BCUT2D eigenvalue weighted by molar-refractivity contribution is 0.127. The van der Waals surface area contributed by atoms with Crippen LogP contribution in [0.1, 0.15) is 346 Å². The van der Waals surface area contributed by atoms with E-state index in [-0.39, 0.29) is 0 Å². The van der Waals surface area contributed by atoms with Crippen molar-refractivity contribution in [3.63, 3.8) is 0 Å². The van der Waals surface area contributed by atoms with Gasteiger partial charge in [0.05, 0.1) is 6.61 Å². The molecule has 1 unspecified atom stereocenters. The second kappa shape index (κ2) is 55.5. The van der Waals surface area contributed by atoms with Crippen LogP contribution in [0.4, 0.5) is 0 Å². The lowest BCUT2D eigenvalue weighted by atomic mass is 9.92. The number of likely N-dealkylation sites (N-methyl/N-ethyl adjacent to an activating group) is 1. The third-order valence-electron chi connectivity index (χ3n) is 14.9. The Bertz CT molecular complexity index is 1480. The maximum Gasteiger partial charge on any atom is 0.0589 e. The molecule has 1 rings (SSSR count). The fourth-order valence-electron chi connectivity index (χ4n) is 11.4. The highest BCUT2D eigenvalue weighted by atomic mass is 16.5. The molecule has 91 heavy (non-hydrogen) atoms. The molecular weight excluding hydrogens is 1110 g/mol. The molecule has 0 aromatic rings. The summed E-state index contributed by atoms with van der Waals surface area (Å²) in [4.78, 5) is 18.1. The Morgan fingerprint density at radius 1 is 0.308 bits per heavy atom. The second-order valence-electron chi connectivity index (χ2n) is 38.1. The lowest BCUT2D eigenvalue weighted by Gasteiger charge is -2.34. The van der Waals surface area contributed by atoms with Crippen molar-refractivity contribution in [2.75, 3.05) is 138 Å². The van der Waals surface area contributed by atoms with E-state index in [2.05, 4.69) is 290 Å². The maximum atomic E-state index is 5.05. The van der Waals surface area contributed by atoms with Gasteiger partial charge in [0.2, 0.25) is 0 Å². The van der Waals surface area contributed by atoms with Crippen molar-refractivity contribution in [2.45, 2.75) is 358 Å². The van der Waals surface area contributed by atoms with Crippen LogP contribution in [0.15, 0.2) is 0 Å². The van der Waals surface area contributed by atoms with Crippen molar-refractivity contribution in [1.29, 1.82) is 0 Å². The molecule has 0 heterocycles. The molecule has 0 radical (unpaired) electrons. The molecule has 0 aliphatic heterocycles. The van der Waals surface area contributed by atoms with Gasteiger partial charge in [-0.25, -0.2) is 0 Å². The van der Waals surface area contributed by atoms with Gasteiger partial charge in [-0.05, 0) is 200 Å². The average Bonchev–Trinajstić information content (AvgIpc) is 3.18. The van der Waals surface area contributed by atoms with E-state index in [4.69, 9.17) is 4.74 Å². The summed E-state index contributed by atoms with van der Waals surface area (Å²) in [6.07, 6.45) is 18.5. The summed E-state index contributed by atoms with van der Waals surface area (Å²) >= 11 is 0. The van der Waals surface area contributed by atoms with E-state index in [0.29, 0.717) is 49.4 Å². The standard InChI is InChI=1S/2C13H29N.C12H25N.2C12H27N.C11H25N.C10H23NO/c1-8-9-14(10-12(2,3)4)11-13(5,6)7;1-6-8-10-14(11-9-7-2)12-13(3,4)5;1-5-8-13(9-11-6-7-11)10-12(2,3)4;1-7-9-13(11(3)8-2)10-12(4,5)6;1-6-8-10-13(9-7-2)11-12(3,4)5;1-7-8-12(10(2)3)9-11(4,5)6;1-6-11(7-8-12-5)9-10(2,3)4/h8-11H2,1-7H3;6-12H2,1-5H3;11H,5-10H2,1-4H3;11H,7-10H2,1-6H3;6-11H2,1-5H3;10H,7-9H2,1-6H3;6-9H2,1-5H3. The molecular formula is C83H185N7O. The number of nitrogens with zero attached hydrogens (tertiary/aromatic N) is 7. The van der Waals surface area contributed by atoms with Gasteiger partial charge in [-0.2, -0.15) is 0 Å². The molecule has 558 valence electrons. The Hall–Kier alpha value is -0.320. The number of methoxy groups -OCH3 is 1. The third-order valence-corrected chi connectivity index (χ3v) is 14.9. The topological polar surface area (TPSA) is 31.9 Å². The molecule has 0 bridgehead atoms. The van der Waals surface area contributed by atoms with E-state index in [1.54, 1.807) is 7.11 Å². The number of ether oxygens (including phenoxy) is 1. The smallest absolute Gasteiger partial charge is 0.0589 e. The van der Waals surface area contributed by atoms with Crippen molar-refractivity contribution in [2.24, 2.45) is 49.2 Å². The van der Waals surface area contributed by atoms with Crippen molar-refractivity contribution in [3.8, 4) is 0 Å². The normalized spacial score (nSPS) is 13.9. The first-order valence-corrected chi connectivity index (χ1v) is 39.0. The van der Waals surface area contributed by atoms with E-state index in [9.17, 15) is 0 Å². The molecule has 1 fully saturated rings. The van der Waals surface area contributed by atoms with Crippen LogP contribution in [0.3, 0.4) is 0 Å². The molecule has 0 aromatic heterocycles. The van der Waals surface area contributed by atoms with E-state index in [1.165, 1.54) is 195 Å². The highest BCUT2D eigenvalue weighted by Gasteiger charge is 2.27. The molecule has 0 N–H and O–H groups in total. The first-order chi connectivity index (χ1) is 41.4. The molecule has 8 heteroatoms. The first kappa shape index (κ1) is 102. The fourth-order valence-corrected chi connectivity index (χ4v) is 11.4. The Labute approximate surface area is 581 Å². The van der Waals surface area contributed by atoms with Gasteiger partial charge in [-0.3, -0.25) is 0 Å². The second-order valence-corrected chi connectivity index (χ2v) is 38.1.